The molecule has 0 bridgehead atoms. The first kappa shape index (κ1) is 25.4. The van der Waals surface area contributed by atoms with E-state index in [0.29, 0.717) is 16.5 Å². The van der Waals surface area contributed by atoms with E-state index in [4.69, 9.17) is 0 Å². The summed E-state index contributed by atoms with van der Waals surface area (Å²) in [5, 5.41) is 3.69. The van der Waals surface area contributed by atoms with Gasteiger partial charge >= 0.3 is 0 Å². The lowest BCUT2D eigenvalue weighted by Gasteiger charge is -2.14. The molecule has 234 valence electrons. The van der Waals surface area contributed by atoms with Crippen molar-refractivity contribution in [2.45, 2.75) is 0 Å². The van der Waals surface area contributed by atoms with Crippen LogP contribution in [0.2, 0.25) is 0 Å². The van der Waals surface area contributed by atoms with Crippen LogP contribution in [0.1, 0.15) is 4.11 Å². The zero-order chi connectivity index (χ0) is 35.6. The van der Waals surface area contributed by atoms with Crippen molar-refractivity contribution in [1.29, 1.82) is 0 Å². The molecule has 0 spiro atoms. The van der Waals surface area contributed by atoms with Crippen LogP contribution in [0.5, 0.6) is 0 Å². The number of fused-ring (bicyclic) bond motifs is 6. The molecule has 2 heteroatoms. The van der Waals surface area contributed by atoms with Gasteiger partial charge < -0.3 is 9.13 Å². The zero-order valence-corrected chi connectivity index (χ0v) is 27.1. The molecule has 2 heterocycles. The quantitative estimate of drug-likeness (QED) is 0.177. The summed E-state index contributed by atoms with van der Waals surface area (Å²) in [6.45, 7) is 0. The van der Waals surface area contributed by atoms with Crippen LogP contribution in [0.3, 0.4) is 0 Å². The maximum atomic E-state index is 9.90. The van der Waals surface area contributed by atoms with Crippen molar-refractivity contribution in [1.82, 2.24) is 9.13 Å². The van der Waals surface area contributed by atoms with Crippen molar-refractivity contribution >= 4 is 43.6 Å². The number of nitrogens with zero attached hydrogens (tertiary/aromatic N) is 2. The van der Waals surface area contributed by atoms with Crippen LogP contribution in [0.4, 0.5) is 0 Å². The predicted octanol–water partition coefficient (Wildman–Crippen LogP) is 12.9. The first-order chi connectivity index (χ1) is 26.1. The molecule has 0 saturated heterocycles. The van der Waals surface area contributed by atoms with Crippen molar-refractivity contribution < 1.29 is 4.11 Å². The smallest absolute Gasteiger partial charge is 0.0645 e. The monoisotopic (exact) mass is 639 g/mol. The molecule has 0 aliphatic heterocycles. The van der Waals surface area contributed by atoms with Crippen LogP contribution >= 0.6 is 0 Å². The van der Waals surface area contributed by atoms with Crippen LogP contribution in [0.15, 0.2) is 194 Å². The SMILES string of the molecule is [2H]c1c(-c2ccc3c(c2)c2ccccc2n3-c2ccccc2)c([2H])c2c3ccc(-c4ccccc4)cc3n(-c3ccccc3-c3ccccc3)c2c1[2H]. The van der Waals surface area contributed by atoms with Crippen LogP contribution in [-0.2, 0) is 0 Å². The molecule has 0 atom stereocenters. The molecule has 0 unspecified atom stereocenters. The summed E-state index contributed by atoms with van der Waals surface area (Å²) >= 11 is 0. The number of hydrogen-bond acceptors (Lipinski definition) is 0. The van der Waals surface area contributed by atoms with Crippen LogP contribution in [0, 0.1) is 0 Å². The van der Waals surface area contributed by atoms with Gasteiger partial charge in [-0.15, -0.1) is 0 Å². The topological polar surface area (TPSA) is 9.86 Å². The van der Waals surface area contributed by atoms with E-state index in [9.17, 15) is 4.11 Å². The van der Waals surface area contributed by atoms with E-state index in [1.807, 2.05) is 72.8 Å². The predicted molar refractivity (Wildman–Crippen MR) is 211 cm³/mol. The lowest BCUT2D eigenvalue weighted by atomic mass is 9.99. The van der Waals surface area contributed by atoms with Gasteiger partial charge in [0.15, 0.2) is 0 Å². The van der Waals surface area contributed by atoms with Gasteiger partial charge in [-0.25, -0.2) is 0 Å². The largest absolute Gasteiger partial charge is 0.309 e. The van der Waals surface area contributed by atoms with Gasteiger partial charge in [-0.2, -0.15) is 0 Å². The Bertz CT molecular complexity index is 3020. The maximum Gasteiger partial charge on any atom is 0.0645 e. The van der Waals surface area contributed by atoms with Gasteiger partial charge in [-0.05, 0) is 82.4 Å². The van der Waals surface area contributed by atoms with E-state index in [-0.39, 0.29) is 18.1 Å². The second-order valence-corrected chi connectivity index (χ2v) is 12.7. The van der Waals surface area contributed by atoms with E-state index in [2.05, 4.69) is 112 Å². The van der Waals surface area contributed by atoms with E-state index in [0.717, 1.165) is 71.9 Å². The molecule has 8 aromatic carbocycles. The Morgan fingerprint density at radius 3 is 1.78 bits per heavy atom. The standard InChI is InChI=1S/C48H32N2/c1-4-14-33(15-5-1)37-24-27-41-43-31-36(26-29-47(43)50(48(41)32-37)44-22-12-10-20-39(44)34-16-6-2-7-17-34)35-25-28-46-42(30-35)40-21-11-13-23-45(40)49(46)38-18-8-3-9-19-38/h1-32H/i26D,29D,31D. The summed E-state index contributed by atoms with van der Waals surface area (Å²) in [5.74, 6) is 0. The van der Waals surface area contributed by atoms with Gasteiger partial charge in [-0.3, -0.25) is 0 Å². The molecule has 50 heavy (non-hydrogen) atoms. The second-order valence-electron chi connectivity index (χ2n) is 12.7. The highest BCUT2D eigenvalue weighted by Crippen LogP contribution is 2.41. The first-order valence-corrected chi connectivity index (χ1v) is 17.0. The van der Waals surface area contributed by atoms with Gasteiger partial charge in [0.1, 0.15) is 0 Å². The minimum Gasteiger partial charge on any atom is -0.309 e. The summed E-state index contributed by atoms with van der Waals surface area (Å²) in [5.41, 5.74) is 11.0. The average Bonchev–Trinajstić information content (AvgIpc) is 3.74. The fourth-order valence-corrected chi connectivity index (χ4v) is 7.53. The fraction of sp³-hybridized carbons (Fsp3) is 0. The summed E-state index contributed by atoms with van der Waals surface area (Å²) < 4.78 is 33.5. The van der Waals surface area contributed by atoms with Crippen molar-refractivity contribution in [3.8, 4) is 44.8 Å². The average molecular weight is 640 g/mol. The fourth-order valence-electron chi connectivity index (χ4n) is 7.53. The highest BCUT2D eigenvalue weighted by Gasteiger charge is 2.18. The normalized spacial score (nSPS) is 12.4. The number of aromatic nitrogens is 2. The molecule has 0 amide bonds. The molecule has 10 rings (SSSR count). The molecular weight excluding hydrogens is 605 g/mol. The highest BCUT2D eigenvalue weighted by atomic mass is 15.0. The van der Waals surface area contributed by atoms with Crippen LogP contribution in [-0.4, -0.2) is 9.13 Å². The summed E-state index contributed by atoms with van der Waals surface area (Å²) in [6, 6.07) is 60.4. The molecular formula is C48H32N2. The number of para-hydroxylation sites is 3. The lowest BCUT2D eigenvalue weighted by molar-refractivity contribution is 1.18. The maximum absolute atomic E-state index is 9.90. The third-order valence-corrected chi connectivity index (χ3v) is 9.84. The lowest BCUT2D eigenvalue weighted by Crippen LogP contribution is -1.97. The Labute approximate surface area is 294 Å². The Morgan fingerprint density at radius 2 is 0.960 bits per heavy atom. The van der Waals surface area contributed by atoms with Gasteiger partial charge in [-0.1, -0.05) is 140 Å². The summed E-state index contributed by atoms with van der Waals surface area (Å²) in [4.78, 5) is 0. The van der Waals surface area contributed by atoms with E-state index >= 15 is 0 Å². The van der Waals surface area contributed by atoms with Crippen molar-refractivity contribution in [3.05, 3.63) is 194 Å². The zero-order valence-electron chi connectivity index (χ0n) is 30.1. The van der Waals surface area contributed by atoms with Gasteiger partial charge in [0, 0.05) is 32.8 Å². The van der Waals surface area contributed by atoms with E-state index < -0.39 is 0 Å². The Balaban J connectivity index is 1.28. The van der Waals surface area contributed by atoms with Gasteiger partial charge in [0.2, 0.25) is 0 Å². The van der Waals surface area contributed by atoms with Crippen molar-refractivity contribution in [2.75, 3.05) is 0 Å². The molecule has 2 nitrogen and oxygen atoms in total. The number of rotatable bonds is 5. The third-order valence-electron chi connectivity index (χ3n) is 9.84. The van der Waals surface area contributed by atoms with Crippen molar-refractivity contribution in [2.24, 2.45) is 0 Å². The molecule has 10 aromatic rings. The Kier molecular flexibility index (Phi) is 5.84. The summed E-state index contributed by atoms with van der Waals surface area (Å²) in [7, 11) is 0. The van der Waals surface area contributed by atoms with E-state index in [1.165, 1.54) is 0 Å². The second kappa shape index (κ2) is 11.5. The third kappa shape index (κ3) is 4.50. The molecule has 2 aromatic heterocycles. The molecule has 0 fully saturated rings. The summed E-state index contributed by atoms with van der Waals surface area (Å²) in [6.07, 6.45) is 0. The van der Waals surface area contributed by atoms with Crippen LogP contribution < -0.4 is 0 Å². The highest BCUT2D eigenvalue weighted by molar-refractivity contribution is 6.13. The van der Waals surface area contributed by atoms with Crippen molar-refractivity contribution in [3.63, 3.8) is 0 Å². The van der Waals surface area contributed by atoms with Gasteiger partial charge in [0.25, 0.3) is 0 Å². The van der Waals surface area contributed by atoms with E-state index in [1.54, 1.807) is 0 Å². The Hall–Kier alpha value is -6.64. The molecule has 0 radical (unpaired) electrons. The minimum atomic E-state index is 0.0400. The first-order valence-electron chi connectivity index (χ1n) is 18.5. The van der Waals surface area contributed by atoms with Crippen LogP contribution in [0.25, 0.3) is 88.4 Å². The number of benzene rings is 8. The molecule has 0 N–H and O–H groups in total. The van der Waals surface area contributed by atoms with Gasteiger partial charge in [0.05, 0.1) is 31.9 Å². The molecule has 0 aliphatic carbocycles. The minimum absolute atomic E-state index is 0.0400. The number of hydrogen-bond donors (Lipinski definition) is 0. The Morgan fingerprint density at radius 1 is 0.340 bits per heavy atom. The molecule has 0 saturated carbocycles. The molecule has 0 aliphatic rings.